The Hall–Kier alpha value is -0.390. The van der Waals surface area contributed by atoms with E-state index >= 15 is 0 Å². The van der Waals surface area contributed by atoms with Crippen LogP contribution in [0.3, 0.4) is 0 Å². The van der Waals surface area contributed by atoms with Crippen molar-refractivity contribution >= 4 is 43.5 Å². The maximum absolute atomic E-state index is 12.1. The Balaban J connectivity index is 2.10. The summed E-state index contributed by atoms with van der Waals surface area (Å²) in [7, 11) is 0. The Morgan fingerprint density at radius 2 is 2.24 bits per heavy atom. The van der Waals surface area contributed by atoms with Crippen molar-refractivity contribution in [2.24, 2.45) is 5.92 Å². The lowest BCUT2D eigenvalue weighted by Crippen LogP contribution is -2.32. The summed E-state index contributed by atoms with van der Waals surface area (Å²) in [4.78, 5) is 12.1. The molecule has 3 nitrogen and oxygen atoms in total. The second-order valence-electron chi connectivity index (χ2n) is 4.25. The number of carbonyl (C=O) groups is 1. The molecule has 2 N–H and O–H groups in total. The number of amides is 1. The Kier molecular flexibility index (Phi) is 4.22. The average Bonchev–Trinajstić information content (AvgIpc) is 2.70. The first-order valence-corrected chi connectivity index (χ1v) is 7.16. The quantitative estimate of drug-likeness (QED) is 0.849. The second kappa shape index (κ2) is 5.50. The van der Waals surface area contributed by atoms with E-state index in [1.54, 1.807) is 0 Å². The molecule has 0 aromatic heterocycles. The average molecular weight is 362 g/mol. The molecule has 1 heterocycles. The normalized spacial score (nSPS) is 23.7. The highest BCUT2D eigenvalue weighted by molar-refractivity contribution is 9.11. The standard InChI is InChI=1S/C12H14Br2N2O/c1-7-9(4-5-15-7)12(17)16-11-6-8(13)2-3-10(11)14/h2-3,6-7,9,15H,4-5H2,1H3,(H,16,17). The molecule has 1 amide bonds. The van der Waals surface area contributed by atoms with Gasteiger partial charge in [0, 0.05) is 15.0 Å². The molecule has 0 spiro atoms. The molecular weight excluding hydrogens is 348 g/mol. The van der Waals surface area contributed by atoms with Crippen molar-refractivity contribution in [1.82, 2.24) is 5.32 Å². The molecule has 1 aliphatic rings. The van der Waals surface area contributed by atoms with Crippen molar-refractivity contribution in [2.45, 2.75) is 19.4 Å². The van der Waals surface area contributed by atoms with Crippen molar-refractivity contribution in [1.29, 1.82) is 0 Å². The Morgan fingerprint density at radius 1 is 1.47 bits per heavy atom. The van der Waals surface area contributed by atoms with Gasteiger partial charge in [-0.25, -0.2) is 0 Å². The third-order valence-electron chi connectivity index (χ3n) is 3.05. The Labute approximate surface area is 118 Å². The predicted octanol–water partition coefficient (Wildman–Crippen LogP) is 3.15. The molecule has 1 fully saturated rings. The molecule has 1 aromatic carbocycles. The first kappa shape index (κ1) is 13.1. The molecule has 0 radical (unpaired) electrons. The molecule has 2 rings (SSSR count). The maximum Gasteiger partial charge on any atom is 0.229 e. The number of nitrogens with one attached hydrogen (secondary N) is 2. The summed E-state index contributed by atoms with van der Waals surface area (Å²) in [5.41, 5.74) is 0.809. The van der Waals surface area contributed by atoms with Crippen molar-refractivity contribution in [3.8, 4) is 0 Å². The number of hydrogen-bond acceptors (Lipinski definition) is 2. The van der Waals surface area contributed by atoms with Gasteiger partial charge < -0.3 is 10.6 Å². The molecule has 0 saturated carbocycles. The van der Waals surface area contributed by atoms with E-state index in [0.29, 0.717) is 0 Å². The van der Waals surface area contributed by atoms with Gasteiger partial charge in [-0.05, 0) is 54.0 Å². The minimum atomic E-state index is 0.0564. The van der Waals surface area contributed by atoms with E-state index in [0.717, 1.165) is 27.6 Å². The summed E-state index contributed by atoms with van der Waals surface area (Å²) in [6.45, 7) is 2.96. The van der Waals surface area contributed by atoms with E-state index in [-0.39, 0.29) is 17.9 Å². The minimum absolute atomic E-state index is 0.0564. The third-order valence-corrected chi connectivity index (χ3v) is 4.23. The number of benzene rings is 1. The van der Waals surface area contributed by atoms with Gasteiger partial charge in [-0.3, -0.25) is 4.79 Å². The van der Waals surface area contributed by atoms with Gasteiger partial charge in [-0.2, -0.15) is 0 Å². The predicted molar refractivity (Wildman–Crippen MR) is 76.0 cm³/mol. The van der Waals surface area contributed by atoms with Crippen LogP contribution < -0.4 is 10.6 Å². The zero-order valence-corrected chi connectivity index (χ0v) is 12.6. The zero-order valence-electron chi connectivity index (χ0n) is 9.47. The molecule has 17 heavy (non-hydrogen) atoms. The fraction of sp³-hybridized carbons (Fsp3) is 0.417. The summed E-state index contributed by atoms with van der Waals surface area (Å²) in [6.07, 6.45) is 0.901. The summed E-state index contributed by atoms with van der Waals surface area (Å²) < 4.78 is 1.85. The molecule has 2 unspecified atom stereocenters. The smallest absolute Gasteiger partial charge is 0.229 e. The molecule has 1 saturated heterocycles. The first-order valence-electron chi connectivity index (χ1n) is 5.57. The third kappa shape index (κ3) is 3.09. The largest absolute Gasteiger partial charge is 0.325 e. The van der Waals surface area contributed by atoms with Gasteiger partial charge in [0.2, 0.25) is 5.91 Å². The van der Waals surface area contributed by atoms with E-state index in [9.17, 15) is 4.79 Å². The second-order valence-corrected chi connectivity index (χ2v) is 6.02. The molecule has 92 valence electrons. The summed E-state index contributed by atoms with van der Waals surface area (Å²) in [5.74, 6) is 0.141. The topological polar surface area (TPSA) is 41.1 Å². The van der Waals surface area contributed by atoms with Gasteiger partial charge in [0.15, 0.2) is 0 Å². The van der Waals surface area contributed by atoms with Crippen LogP contribution in [-0.2, 0) is 4.79 Å². The lowest BCUT2D eigenvalue weighted by Gasteiger charge is -2.15. The van der Waals surface area contributed by atoms with Crippen LogP contribution in [0, 0.1) is 5.92 Å². The number of carbonyl (C=O) groups excluding carboxylic acids is 1. The Bertz CT molecular complexity index is 437. The minimum Gasteiger partial charge on any atom is -0.325 e. The van der Waals surface area contributed by atoms with Crippen LogP contribution in [-0.4, -0.2) is 18.5 Å². The van der Waals surface area contributed by atoms with Gasteiger partial charge in [-0.1, -0.05) is 15.9 Å². The van der Waals surface area contributed by atoms with Gasteiger partial charge in [-0.15, -0.1) is 0 Å². The van der Waals surface area contributed by atoms with Crippen LogP contribution in [0.15, 0.2) is 27.1 Å². The van der Waals surface area contributed by atoms with Gasteiger partial charge in [0.05, 0.1) is 11.6 Å². The van der Waals surface area contributed by atoms with E-state index in [2.05, 4.69) is 42.5 Å². The van der Waals surface area contributed by atoms with Crippen molar-refractivity contribution in [3.05, 3.63) is 27.1 Å². The fourth-order valence-corrected chi connectivity index (χ4v) is 2.74. The van der Waals surface area contributed by atoms with Gasteiger partial charge in [0.25, 0.3) is 0 Å². The van der Waals surface area contributed by atoms with Crippen molar-refractivity contribution < 1.29 is 4.79 Å². The molecule has 2 atom stereocenters. The van der Waals surface area contributed by atoms with Crippen LogP contribution in [0.5, 0.6) is 0 Å². The monoisotopic (exact) mass is 360 g/mol. The zero-order chi connectivity index (χ0) is 12.4. The molecule has 1 aliphatic heterocycles. The molecule has 0 bridgehead atoms. The van der Waals surface area contributed by atoms with Crippen molar-refractivity contribution in [2.75, 3.05) is 11.9 Å². The van der Waals surface area contributed by atoms with E-state index in [1.807, 2.05) is 25.1 Å². The lowest BCUT2D eigenvalue weighted by molar-refractivity contribution is -0.120. The highest BCUT2D eigenvalue weighted by atomic mass is 79.9. The molecule has 1 aromatic rings. The highest BCUT2D eigenvalue weighted by Crippen LogP contribution is 2.27. The SMILES string of the molecule is CC1NCCC1C(=O)Nc1cc(Br)ccc1Br. The number of halogens is 2. The molecular formula is C12H14Br2N2O. The van der Waals surface area contributed by atoms with Crippen molar-refractivity contribution in [3.63, 3.8) is 0 Å². The van der Waals surface area contributed by atoms with E-state index in [4.69, 9.17) is 0 Å². The van der Waals surface area contributed by atoms with Crippen LogP contribution in [0.25, 0.3) is 0 Å². The van der Waals surface area contributed by atoms with Crippen LogP contribution in [0.4, 0.5) is 5.69 Å². The van der Waals surface area contributed by atoms with E-state index < -0.39 is 0 Å². The number of hydrogen-bond donors (Lipinski definition) is 2. The number of rotatable bonds is 2. The summed E-state index contributed by atoms with van der Waals surface area (Å²) in [6, 6.07) is 5.99. The highest BCUT2D eigenvalue weighted by Gasteiger charge is 2.29. The summed E-state index contributed by atoms with van der Waals surface area (Å²) >= 11 is 6.83. The van der Waals surface area contributed by atoms with Gasteiger partial charge >= 0.3 is 0 Å². The first-order chi connectivity index (χ1) is 8.08. The molecule has 0 aliphatic carbocycles. The lowest BCUT2D eigenvalue weighted by atomic mass is 10.0. The van der Waals surface area contributed by atoms with Gasteiger partial charge in [0.1, 0.15) is 0 Å². The van der Waals surface area contributed by atoms with Crippen LogP contribution in [0.2, 0.25) is 0 Å². The van der Waals surface area contributed by atoms with Crippen LogP contribution >= 0.6 is 31.9 Å². The maximum atomic E-state index is 12.1. The van der Waals surface area contributed by atoms with Crippen LogP contribution in [0.1, 0.15) is 13.3 Å². The Morgan fingerprint density at radius 3 is 2.88 bits per heavy atom. The molecule has 5 heteroatoms. The number of anilines is 1. The summed E-state index contributed by atoms with van der Waals surface area (Å²) in [5, 5.41) is 6.25. The fourth-order valence-electron chi connectivity index (χ4n) is 2.04. The van der Waals surface area contributed by atoms with E-state index in [1.165, 1.54) is 0 Å².